The minimum atomic E-state index is -0.355. The summed E-state index contributed by atoms with van der Waals surface area (Å²) < 4.78 is 1.88. The summed E-state index contributed by atoms with van der Waals surface area (Å²) in [5, 5.41) is 2.65. The average molecular weight is 361 g/mol. The number of nitrogens with zero attached hydrogens (tertiary/aromatic N) is 3. The van der Waals surface area contributed by atoms with Gasteiger partial charge < -0.3 is 20.5 Å². The number of carbonyl (C=O) groups excluding carboxylic acids is 3. The van der Waals surface area contributed by atoms with Crippen molar-refractivity contribution in [2.75, 3.05) is 33.2 Å². The number of hydrogen-bond donors (Lipinski definition) is 2. The number of nitrogens with two attached hydrogens (primary N) is 1. The van der Waals surface area contributed by atoms with Crippen LogP contribution in [-0.4, -0.2) is 65.3 Å². The molecule has 3 heterocycles. The maximum Gasteiger partial charge on any atom is 0.267 e. The van der Waals surface area contributed by atoms with Crippen molar-refractivity contribution in [3.63, 3.8) is 0 Å². The summed E-state index contributed by atoms with van der Waals surface area (Å²) in [6.07, 6.45) is 2.49. The maximum absolute atomic E-state index is 13.0. The van der Waals surface area contributed by atoms with Gasteiger partial charge in [-0.3, -0.25) is 19.3 Å². The molecule has 0 bridgehead atoms. The number of hydrogen-bond acceptors (Lipinski definition) is 4. The van der Waals surface area contributed by atoms with E-state index in [2.05, 4.69) is 5.32 Å². The second-order valence-electron chi connectivity index (χ2n) is 7.19. The molecule has 1 atom stereocenters. The first-order valence-electron chi connectivity index (χ1n) is 9.09. The second kappa shape index (κ2) is 7.49. The summed E-state index contributed by atoms with van der Waals surface area (Å²) in [6, 6.07) is 1.92. The number of piperidine rings is 1. The summed E-state index contributed by atoms with van der Waals surface area (Å²) in [7, 11) is 3.48. The van der Waals surface area contributed by atoms with Crippen LogP contribution in [0.2, 0.25) is 0 Å². The van der Waals surface area contributed by atoms with Crippen molar-refractivity contribution in [2.45, 2.75) is 25.8 Å². The molecule has 1 aromatic rings. The third-order valence-corrected chi connectivity index (χ3v) is 5.45. The Balaban J connectivity index is 1.70. The van der Waals surface area contributed by atoms with Crippen molar-refractivity contribution in [3.05, 3.63) is 23.0 Å². The molecule has 2 aliphatic rings. The van der Waals surface area contributed by atoms with E-state index in [-0.39, 0.29) is 30.2 Å². The molecule has 1 aromatic heterocycles. The Labute approximate surface area is 153 Å². The molecule has 3 N–H and O–H groups in total. The van der Waals surface area contributed by atoms with Crippen LogP contribution in [0.4, 0.5) is 0 Å². The van der Waals surface area contributed by atoms with E-state index in [9.17, 15) is 14.4 Å². The van der Waals surface area contributed by atoms with E-state index in [1.165, 1.54) is 0 Å². The number of amides is 3. The van der Waals surface area contributed by atoms with Crippen LogP contribution >= 0.6 is 0 Å². The van der Waals surface area contributed by atoms with Crippen molar-refractivity contribution >= 4 is 17.7 Å². The highest BCUT2D eigenvalue weighted by Gasteiger charge is 2.32. The average Bonchev–Trinajstić information content (AvgIpc) is 2.96. The second-order valence-corrected chi connectivity index (χ2v) is 7.19. The van der Waals surface area contributed by atoms with E-state index in [1.807, 2.05) is 27.5 Å². The molecule has 3 rings (SSSR count). The minimum absolute atomic E-state index is 0.0941. The predicted octanol–water partition coefficient (Wildman–Crippen LogP) is -0.533. The van der Waals surface area contributed by atoms with E-state index >= 15 is 0 Å². The Kier molecular flexibility index (Phi) is 5.31. The molecular weight excluding hydrogens is 334 g/mol. The molecule has 8 heteroatoms. The first kappa shape index (κ1) is 18.4. The van der Waals surface area contributed by atoms with E-state index in [0.29, 0.717) is 25.3 Å². The highest BCUT2D eigenvalue weighted by molar-refractivity contribution is 5.93. The van der Waals surface area contributed by atoms with Gasteiger partial charge in [-0.2, -0.15) is 0 Å². The van der Waals surface area contributed by atoms with Gasteiger partial charge in [0.05, 0.1) is 19.0 Å². The van der Waals surface area contributed by atoms with Crippen molar-refractivity contribution in [2.24, 2.45) is 18.7 Å². The summed E-state index contributed by atoms with van der Waals surface area (Å²) in [5.74, 6) is -0.434. The number of aromatic nitrogens is 1. The summed E-state index contributed by atoms with van der Waals surface area (Å²) in [6.45, 7) is 2.79. The fraction of sp³-hybridized carbons (Fsp3) is 0.611. The SMILES string of the molecule is CNC(=O)c1cc2c(n1C)CN(C(=O)C1CCCN(CC(N)=O)C1)CC2. The van der Waals surface area contributed by atoms with Gasteiger partial charge in [-0.05, 0) is 37.4 Å². The zero-order chi connectivity index (χ0) is 18.8. The van der Waals surface area contributed by atoms with Crippen LogP contribution < -0.4 is 11.1 Å². The van der Waals surface area contributed by atoms with E-state index in [1.54, 1.807) is 7.05 Å². The number of primary amides is 1. The van der Waals surface area contributed by atoms with E-state index < -0.39 is 0 Å². The van der Waals surface area contributed by atoms with Crippen LogP contribution in [0, 0.1) is 5.92 Å². The van der Waals surface area contributed by atoms with Gasteiger partial charge in [0.15, 0.2) is 0 Å². The molecule has 0 spiro atoms. The summed E-state index contributed by atoms with van der Waals surface area (Å²) >= 11 is 0. The topological polar surface area (TPSA) is 101 Å². The first-order chi connectivity index (χ1) is 12.4. The number of rotatable bonds is 4. The van der Waals surface area contributed by atoms with E-state index in [4.69, 9.17) is 5.73 Å². The summed E-state index contributed by atoms with van der Waals surface area (Å²) in [4.78, 5) is 40.0. The highest BCUT2D eigenvalue weighted by atomic mass is 16.2. The molecule has 0 aromatic carbocycles. The minimum Gasteiger partial charge on any atom is -0.369 e. The Morgan fingerprint density at radius 1 is 1.31 bits per heavy atom. The molecule has 3 amide bonds. The lowest BCUT2D eigenvalue weighted by Crippen LogP contribution is -2.48. The van der Waals surface area contributed by atoms with Crippen molar-refractivity contribution in [1.29, 1.82) is 0 Å². The largest absolute Gasteiger partial charge is 0.369 e. The molecule has 0 radical (unpaired) electrons. The smallest absolute Gasteiger partial charge is 0.267 e. The molecule has 2 aliphatic heterocycles. The lowest BCUT2D eigenvalue weighted by Gasteiger charge is -2.36. The van der Waals surface area contributed by atoms with Crippen molar-refractivity contribution < 1.29 is 14.4 Å². The third kappa shape index (κ3) is 3.60. The highest BCUT2D eigenvalue weighted by Crippen LogP contribution is 2.26. The van der Waals surface area contributed by atoms with Crippen molar-refractivity contribution in [3.8, 4) is 0 Å². The lowest BCUT2D eigenvalue weighted by molar-refractivity contribution is -0.139. The Morgan fingerprint density at radius 3 is 2.77 bits per heavy atom. The Hall–Kier alpha value is -2.35. The van der Waals surface area contributed by atoms with Crippen molar-refractivity contribution in [1.82, 2.24) is 19.7 Å². The molecule has 1 saturated heterocycles. The Bertz CT molecular complexity index is 727. The molecule has 0 aliphatic carbocycles. The molecule has 0 saturated carbocycles. The van der Waals surface area contributed by atoms with Gasteiger partial charge in [-0.25, -0.2) is 0 Å². The van der Waals surface area contributed by atoms with Gasteiger partial charge in [0.25, 0.3) is 5.91 Å². The van der Waals surface area contributed by atoms with Crippen LogP contribution in [0.15, 0.2) is 6.07 Å². The van der Waals surface area contributed by atoms with Crippen LogP contribution in [0.5, 0.6) is 0 Å². The lowest BCUT2D eigenvalue weighted by atomic mass is 9.95. The number of nitrogens with one attached hydrogen (secondary N) is 1. The number of carbonyl (C=O) groups is 3. The van der Waals surface area contributed by atoms with Crippen LogP contribution in [-0.2, 0) is 29.6 Å². The van der Waals surface area contributed by atoms with Crippen LogP contribution in [0.25, 0.3) is 0 Å². The molecule has 142 valence electrons. The van der Waals surface area contributed by atoms with Gasteiger partial charge in [-0.15, -0.1) is 0 Å². The van der Waals surface area contributed by atoms with Crippen LogP contribution in [0.1, 0.15) is 34.6 Å². The van der Waals surface area contributed by atoms with E-state index in [0.717, 1.165) is 37.1 Å². The fourth-order valence-electron chi connectivity index (χ4n) is 4.06. The first-order valence-corrected chi connectivity index (χ1v) is 9.09. The molecule has 1 unspecified atom stereocenters. The number of fused-ring (bicyclic) bond motifs is 1. The van der Waals surface area contributed by atoms with Gasteiger partial charge in [0, 0.05) is 32.9 Å². The zero-order valence-corrected chi connectivity index (χ0v) is 15.5. The van der Waals surface area contributed by atoms with Crippen LogP contribution in [0.3, 0.4) is 0 Å². The summed E-state index contributed by atoms with van der Waals surface area (Å²) in [5.41, 5.74) is 8.06. The standard InChI is InChI=1S/C18H27N5O3/c1-20-17(25)14-8-12-5-7-23(10-15(12)21(14)2)18(26)13-4-3-6-22(9-13)11-16(19)24/h8,13H,3-7,9-11H2,1-2H3,(H2,19,24)(H,20,25). The van der Waals surface area contributed by atoms with Gasteiger partial charge in [-0.1, -0.05) is 0 Å². The fourth-order valence-corrected chi connectivity index (χ4v) is 4.06. The maximum atomic E-state index is 13.0. The molecular formula is C18H27N5O3. The van der Waals surface area contributed by atoms with Gasteiger partial charge >= 0.3 is 0 Å². The van der Waals surface area contributed by atoms with Gasteiger partial charge in [0.1, 0.15) is 5.69 Å². The Morgan fingerprint density at radius 2 is 2.08 bits per heavy atom. The normalized spacial score (nSPS) is 20.5. The molecule has 26 heavy (non-hydrogen) atoms. The zero-order valence-electron chi connectivity index (χ0n) is 15.5. The number of likely N-dealkylation sites (tertiary alicyclic amines) is 1. The predicted molar refractivity (Wildman–Crippen MR) is 96.3 cm³/mol. The monoisotopic (exact) mass is 361 g/mol. The third-order valence-electron chi connectivity index (χ3n) is 5.45. The quantitative estimate of drug-likeness (QED) is 0.753. The molecule has 1 fully saturated rings. The van der Waals surface area contributed by atoms with Gasteiger partial charge in [0.2, 0.25) is 11.8 Å². The molecule has 8 nitrogen and oxygen atoms in total.